The predicted octanol–water partition coefficient (Wildman–Crippen LogP) is 3.09. The zero-order chi connectivity index (χ0) is 21.3. The number of rotatable bonds is 5. The van der Waals surface area contributed by atoms with Crippen molar-refractivity contribution in [1.82, 2.24) is 20.4 Å². The monoisotopic (exact) mass is 416 g/mol. The van der Waals surface area contributed by atoms with E-state index < -0.39 is 29.6 Å². The molecule has 1 aliphatic rings. The minimum Gasteiger partial charge on any atom is -0.459 e. The normalized spacial score (nSPS) is 17.2. The number of hydrogen-bond acceptors (Lipinski definition) is 6. The maximum absolute atomic E-state index is 14.0. The smallest absolute Gasteiger partial charge is 0.287 e. The third-order valence-corrected chi connectivity index (χ3v) is 4.90. The summed E-state index contributed by atoms with van der Waals surface area (Å²) in [6.45, 7) is 2.03. The summed E-state index contributed by atoms with van der Waals surface area (Å²) < 4.78 is 37.4. The van der Waals surface area contributed by atoms with Gasteiger partial charge >= 0.3 is 0 Å². The van der Waals surface area contributed by atoms with Crippen molar-refractivity contribution < 1.29 is 27.3 Å². The van der Waals surface area contributed by atoms with Gasteiger partial charge in [-0.25, -0.2) is 8.78 Å². The Kier molecular flexibility index (Phi) is 5.30. The standard InChI is InChI=1S/C20H18F2N4O4/c1-11(23-18(27)16-5-3-9-29-16)20(28)26-8-2-4-15(26)19-24-17(25-30-19)13-7-6-12(21)10-14(13)22/h3,5-7,9-11,15H,2,4,8H2,1H3,(H,23,27)/t11-,15+/m0/s1. The van der Waals surface area contributed by atoms with Crippen molar-refractivity contribution >= 4 is 11.8 Å². The van der Waals surface area contributed by atoms with Crippen LogP contribution in [-0.2, 0) is 4.79 Å². The van der Waals surface area contributed by atoms with E-state index in [1.807, 2.05) is 0 Å². The average molecular weight is 416 g/mol. The van der Waals surface area contributed by atoms with Crippen molar-refractivity contribution in [2.24, 2.45) is 0 Å². The molecule has 1 aromatic carbocycles. The van der Waals surface area contributed by atoms with Crippen LogP contribution in [0.4, 0.5) is 8.78 Å². The van der Waals surface area contributed by atoms with Gasteiger partial charge in [-0.15, -0.1) is 0 Å². The number of benzene rings is 1. The topological polar surface area (TPSA) is 101 Å². The Labute approximate surface area is 169 Å². The Morgan fingerprint density at radius 1 is 1.30 bits per heavy atom. The highest BCUT2D eigenvalue weighted by atomic mass is 19.1. The lowest BCUT2D eigenvalue weighted by molar-refractivity contribution is -0.134. The highest BCUT2D eigenvalue weighted by molar-refractivity contribution is 5.95. The first kappa shape index (κ1) is 19.7. The highest BCUT2D eigenvalue weighted by Crippen LogP contribution is 2.33. The molecule has 0 saturated carbocycles. The number of halogens is 2. The molecule has 0 unspecified atom stereocenters. The highest BCUT2D eigenvalue weighted by Gasteiger charge is 2.36. The lowest BCUT2D eigenvalue weighted by Gasteiger charge is -2.25. The summed E-state index contributed by atoms with van der Waals surface area (Å²) in [7, 11) is 0. The van der Waals surface area contributed by atoms with Crippen LogP contribution in [0, 0.1) is 11.6 Å². The van der Waals surface area contributed by atoms with E-state index in [-0.39, 0.29) is 28.9 Å². The summed E-state index contributed by atoms with van der Waals surface area (Å²) >= 11 is 0. The molecule has 1 fully saturated rings. The second-order valence-electron chi connectivity index (χ2n) is 6.94. The fourth-order valence-corrected chi connectivity index (χ4v) is 3.42. The van der Waals surface area contributed by atoms with Gasteiger partial charge in [0, 0.05) is 12.6 Å². The number of carbonyl (C=O) groups excluding carboxylic acids is 2. The molecule has 0 bridgehead atoms. The van der Waals surface area contributed by atoms with E-state index >= 15 is 0 Å². The van der Waals surface area contributed by atoms with Crippen molar-refractivity contribution in [2.75, 3.05) is 6.54 Å². The molecule has 0 radical (unpaired) electrons. The molecule has 2 atom stereocenters. The molecule has 2 aromatic heterocycles. The molecule has 10 heteroatoms. The fraction of sp³-hybridized carbons (Fsp3) is 0.300. The molecule has 3 heterocycles. The number of hydrogen-bond donors (Lipinski definition) is 1. The van der Waals surface area contributed by atoms with Gasteiger partial charge in [-0.05, 0) is 44.0 Å². The molecular formula is C20H18F2N4O4. The van der Waals surface area contributed by atoms with Crippen molar-refractivity contribution in [1.29, 1.82) is 0 Å². The first-order valence-corrected chi connectivity index (χ1v) is 9.38. The predicted molar refractivity (Wildman–Crippen MR) is 99.0 cm³/mol. The number of aromatic nitrogens is 2. The van der Waals surface area contributed by atoms with Crippen LogP contribution >= 0.6 is 0 Å². The zero-order valence-corrected chi connectivity index (χ0v) is 16.0. The molecule has 1 saturated heterocycles. The first-order valence-electron chi connectivity index (χ1n) is 9.38. The van der Waals surface area contributed by atoms with Crippen LogP contribution in [0.5, 0.6) is 0 Å². The van der Waals surface area contributed by atoms with E-state index in [9.17, 15) is 18.4 Å². The Morgan fingerprint density at radius 3 is 2.87 bits per heavy atom. The molecule has 0 aliphatic carbocycles. The van der Waals surface area contributed by atoms with Crippen molar-refractivity contribution in [3.63, 3.8) is 0 Å². The van der Waals surface area contributed by atoms with E-state index in [1.165, 1.54) is 18.4 Å². The fourth-order valence-electron chi connectivity index (χ4n) is 3.42. The lowest BCUT2D eigenvalue weighted by atomic mass is 10.2. The van der Waals surface area contributed by atoms with Crippen LogP contribution in [0.3, 0.4) is 0 Å². The number of nitrogens with one attached hydrogen (secondary N) is 1. The van der Waals surface area contributed by atoms with Gasteiger partial charge in [0.05, 0.1) is 11.8 Å². The van der Waals surface area contributed by atoms with Crippen LogP contribution in [-0.4, -0.2) is 39.4 Å². The van der Waals surface area contributed by atoms with E-state index in [0.29, 0.717) is 19.4 Å². The Hall–Kier alpha value is -3.56. The summed E-state index contributed by atoms with van der Waals surface area (Å²) in [5.41, 5.74) is 0.00125. The molecule has 4 rings (SSSR count). The molecule has 3 aromatic rings. The summed E-state index contributed by atoms with van der Waals surface area (Å²) in [5.74, 6) is -2.09. The summed E-state index contributed by atoms with van der Waals surface area (Å²) in [5, 5.41) is 6.37. The van der Waals surface area contributed by atoms with E-state index in [0.717, 1.165) is 12.1 Å². The Balaban J connectivity index is 1.49. The number of furan rings is 1. The number of carbonyl (C=O) groups is 2. The Bertz CT molecular complexity index is 1070. The second-order valence-corrected chi connectivity index (χ2v) is 6.94. The number of nitrogens with zero attached hydrogens (tertiary/aromatic N) is 3. The van der Waals surface area contributed by atoms with Crippen molar-refractivity contribution in [2.45, 2.75) is 31.8 Å². The first-order chi connectivity index (χ1) is 14.4. The molecule has 0 spiro atoms. The molecule has 1 N–H and O–H groups in total. The zero-order valence-electron chi connectivity index (χ0n) is 16.0. The van der Waals surface area contributed by atoms with Crippen LogP contribution in [0.25, 0.3) is 11.4 Å². The third-order valence-electron chi connectivity index (χ3n) is 4.90. The van der Waals surface area contributed by atoms with Crippen LogP contribution in [0.15, 0.2) is 45.5 Å². The molecule has 30 heavy (non-hydrogen) atoms. The van der Waals surface area contributed by atoms with Crippen molar-refractivity contribution in [3.05, 3.63) is 59.9 Å². The van der Waals surface area contributed by atoms with Gasteiger partial charge in [-0.2, -0.15) is 4.98 Å². The van der Waals surface area contributed by atoms with Crippen LogP contribution in [0.1, 0.15) is 42.3 Å². The maximum atomic E-state index is 14.0. The molecule has 2 amide bonds. The second kappa shape index (κ2) is 8.05. The molecule has 156 valence electrons. The number of amides is 2. The molecule has 1 aliphatic heterocycles. The minimum absolute atomic E-state index is 0.00125. The Morgan fingerprint density at radius 2 is 2.13 bits per heavy atom. The number of likely N-dealkylation sites (tertiary alicyclic amines) is 1. The van der Waals surface area contributed by atoms with Gasteiger partial charge in [0.15, 0.2) is 5.76 Å². The average Bonchev–Trinajstić information content (AvgIpc) is 3.47. The van der Waals surface area contributed by atoms with Gasteiger partial charge in [0.25, 0.3) is 5.91 Å². The quantitative estimate of drug-likeness (QED) is 0.686. The van der Waals surface area contributed by atoms with Gasteiger partial charge in [0.1, 0.15) is 23.7 Å². The summed E-state index contributed by atoms with van der Waals surface area (Å²) in [6.07, 6.45) is 2.66. The van der Waals surface area contributed by atoms with E-state index in [1.54, 1.807) is 17.9 Å². The minimum atomic E-state index is -0.809. The molecule has 8 nitrogen and oxygen atoms in total. The van der Waals surface area contributed by atoms with Crippen LogP contribution < -0.4 is 5.32 Å². The van der Waals surface area contributed by atoms with Crippen molar-refractivity contribution in [3.8, 4) is 11.4 Å². The summed E-state index contributed by atoms with van der Waals surface area (Å²) in [4.78, 5) is 30.8. The van der Waals surface area contributed by atoms with E-state index in [4.69, 9.17) is 8.94 Å². The van der Waals surface area contributed by atoms with E-state index in [2.05, 4.69) is 15.5 Å². The van der Waals surface area contributed by atoms with Gasteiger partial charge in [-0.3, -0.25) is 9.59 Å². The van der Waals surface area contributed by atoms with Gasteiger partial charge in [-0.1, -0.05) is 5.16 Å². The maximum Gasteiger partial charge on any atom is 0.287 e. The SMILES string of the molecule is C[C@H](NC(=O)c1ccco1)C(=O)N1CCC[C@@H]1c1nc(-c2ccc(F)cc2F)no1. The van der Waals surface area contributed by atoms with Crippen LogP contribution in [0.2, 0.25) is 0 Å². The van der Waals surface area contributed by atoms with Gasteiger partial charge < -0.3 is 19.2 Å². The lowest BCUT2D eigenvalue weighted by Crippen LogP contribution is -2.46. The largest absolute Gasteiger partial charge is 0.459 e. The summed E-state index contributed by atoms with van der Waals surface area (Å²) in [6, 6.07) is 4.84. The third kappa shape index (κ3) is 3.80. The molecular weight excluding hydrogens is 398 g/mol. The van der Waals surface area contributed by atoms with Gasteiger partial charge in [0.2, 0.25) is 17.6 Å².